The van der Waals surface area contributed by atoms with Crippen LogP contribution < -0.4 is 0 Å². The van der Waals surface area contributed by atoms with Gasteiger partial charge in [0, 0.05) is 18.1 Å². The van der Waals surface area contributed by atoms with E-state index in [1.807, 2.05) is 58.5 Å². The van der Waals surface area contributed by atoms with Crippen molar-refractivity contribution in [1.29, 1.82) is 0 Å². The van der Waals surface area contributed by atoms with Gasteiger partial charge >= 0.3 is 0 Å². The average molecular weight is 374 g/mol. The summed E-state index contributed by atoms with van der Waals surface area (Å²) in [7, 11) is 1.93. The molecule has 1 aliphatic carbocycles. The lowest BCUT2D eigenvalue weighted by molar-refractivity contribution is 0.608. The van der Waals surface area contributed by atoms with E-state index < -0.39 is 0 Å². The Bertz CT molecular complexity index is 827. The molecule has 5 heteroatoms. The number of nitrogens with zero attached hydrogens (tertiary/aromatic N) is 3. The van der Waals surface area contributed by atoms with Gasteiger partial charge in [-0.05, 0) is 48.9 Å². The number of thiazole rings is 1. The average Bonchev–Trinajstić information content (AvgIpc) is 3.35. The second-order valence-corrected chi connectivity index (χ2v) is 6.87. The van der Waals surface area contributed by atoms with Crippen LogP contribution in [0.1, 0.15) is 55.3 Å². The van der Waals surface area contributed by atoms with Crippen molar-refractivity contribution in [2.24, 2.45) is 7.05 Å². The Labute approximate surface area is 159 Å². The van der Waals surface area contributed by atoms with Crippen molar-refractivity contribution in [2.45, 2.75) is 53.4 Å². The highest BCUT2D eigenvalue weighted by Crippen LogP contribution is 2.40. The molecule has 0 N–H and O–H groups in total. The molecular weight excluding hydrogens is 345 g/mol. The summed E-state index contributed by atoms with van der Waals surface area (Å²) < 4.78 is 15.6. The normalized spacial score (nSPS) is 14.8. The van der Waals surface area contributed by atoms with Crippen molar-refractivity contribution in [2.75, 3.05) is 0 Å². The van der Waals surface area contributed by atoms with Gasteiger partial charge in [-0.3, -0.25) is 4.68 Å². The van der Waals surface area contributed by atoms with E-state index in [-0.39, 0.29) is 5.82 Å². The summed E-state index contributed by atoms with van der Waals surface area (Å²) in [4.78, 5) is 6.11. The second-order valence-electron chi connectivity index (χ2n) is 5.79. The number of hydrogen-bond acceptors (Lipinski definition) is 3. The first kappa shape index (κ1) is 20.3. The van der Waals surface area contributed by atoms with Crippen molar-refractivity contribution >= 4 is 11.3 Å². The lowest BCUT2D eigenvalue weighted by atomic mass is 9.93. The van der Waals surface area contributed by atoms with Crippen LogP contribution in [0.15, 0.2) is 30.5 Å². The SMILES string of the molecule is CC.CC.Cc1c(F)cccc1C1Cc2nc(-c3ccnn3C)sc2C1. The molecule has 1 atom stereocenters. The number of rotatable bonds is 2. The molecule has 3 aromatic rings. The van der Waals surface area contributed by atoms with Crippen LogP contribution in [0.2, 0.25) is 0 Å². The molecule has 0 radical (unpaired) electrons. The van der Waals surface area contributed by atoms with Crippen LogP contribution in [0.25, 0.3) is 10.7 Å². The molecule has 0 fully saturated rings. The first-order valence-corrected chi connectivity index (χ1v) is 10.2. The minimum absolute atomic E-state index is 0.115. The topological polar surface area (TPSA) is 30.7 Å². The first-order chi connectivity index (χ1) is 12.6. The molecule has 0 spiro atoms. The van der Waals surface area contributed by atoms with Gasteiger partial charge in [-0.2, -0.15) is 5.10 Å². The molecule has 0 bridgehead atoms. The van der Waals surface area contributed by atoms with E-state index >= 15 is 0 Å². The molecule has 2 aromatic heterocycles. The van der Waals surface area contributed by atoms with E-state index in [2.05, 4.69) is 5.10 Å². The summed E-state index contributed by atoms with van der Waals surface area (Å²) in [6.07, 6.45) is 3.64. The summed E-state index contributed by atoms with van der Waals surface area (Å²) in [6.45, 7) is 9.87. The van der Waals surface area contributed by atoms with Crippen molar-refractivity contribution in [3.63, 3.8) is 0 Å². The molecule has 1 unspecified atom stereocenters. The summed E-state index contributed by atoms with van der Waals surface area (Å²) in [5.41, 5.74) is 4.11. The molecule has 0 saturated heterocycles. The molecule has 1 aliphatic rings. The predicted octanol–water partition coefficient (Wildman–Crippen LogP) is 5.93. The maximum absolute atomic E-state index is 13.8. The Kier molecular flexibility index (Phi) is 7.09. The Morgan fingerprint density at radius 2 is 1.85 bits per heavy atom. The zero-order valence-corrected chi connectivity index (χ0v) is 17.3. The Hall–Kier alpha value is -2.01. The highest BCUT2D eigenvalue weighted by Gasteiger charge is 2.29. The third-order valence-corrected chi connectivity index (χ3v) is 5.58. The fourth-order valence-electron chi connectivity index (χ4n) is 3.21. The van der Waals surface area contributed by atoms with Crippen LogP contribution >= 0.6 is 11.3 Å². The van der Waals surface area contributed by atoms with Gasteiger partial charge in [-0.1, -0.05) is 39.8 Å². The first-order valence-electron chi connectivity index (χ1n) is 9.35. The van der Waals surface area contributed by atoms with Crippen LogP contribution in [-0.4, -0.2) is 14.8 Å². The lowest BCUT2D eigenvalue weighted by Crippen LogP contribution is -2.03. The van der Waals surface area contributed by atoms with Crippen molar-refractivity contribution < 1.29 is 4.39 Å². The van der Waals surface area contributed by atoms with Crippen LogP contribution in [-0.2, 0) is 19.9 Å². The van der Waals surface area contributed by atoms with Gasteiger partial charge in [0.05, 0.1) is 11.4 Å². The summed E-state index contributed by atoms with van der Waals surface area (Å²) >= 11 is 1.74. The number of halogens is 1. The van der Waals surface area contributed by atoms with Gasteiger partial charge < -0.3 is 0 Å². The van der Waals surface area contributed by atoms with Gasteiger partial charge in [0.2, 0.25) is 0 Å². The zero-order chi connectivity index (χ0) is 19.3. The fraction of sp³-hybridized carbons (Fsp3) is 0.429. The lowest BCUT2D eigenvalue weighted by Gasteiger charge is -2.13. The molecule has 0 aliphatic heterocycles. The van der Waals surface area contributed by atoms with E-state index in [0.717, 1.165) is 40.4 Å². The quantitative estimate of drug-likeness (QED) is 0.558. The van der Waals surface area contributed by atoms with E-state index in [1.165, 1.54) is 10.9 Å². The summed E-state index contributed by atoms with van der Waals surface area (Å²) in [5, 5.41) is 5.23. The molecule has 2 heterocycles. The molecule has 1 aromatic carbocycles. The molecule has 4 rings (SSSR count). The monoisotopic (exact) mass is 373 g/mol. The third kappa shape index (κ3) is 3.88. The standard InChI is InChI=1S/C17H16FN3S.2C2H6/c1-10-12(4-3-5-13(10)18)11-8-14-16(9-11)22-17(20-14)15-6-7-19-21(15)2;2*1-2/h3-7,11H,8-9H2,1-2H3;2*1-2H3. The van der Waals surface area contributed by atoms with Crippen LogP contribution in [0, 0.1) is 12.7 Å². The minimum Gasteiger partial charge on any atom is -0.266 e. The summed E-state index contributed by atoms with van der Waals surface area (Å²) in [6, 6.07) is 7.37. The number of hydrogen-bond donors (Lipinski definition) is 0. The smallest absolute Gasteiger partial charge is 0.142 e. The van der Waals surface area contributed by atoms with Crippen LogP contribution in [0.4, 0.5) is 4.39 Å². The molecule has 3 nitrogen and oxygen atoms in total. The molecule has 0 amide bonds. The van der Waals surface area contributed by atoms with Gasteiger partial charge in [-0.15, -0.1) is 11.3 Å². The van der Waals surface area contributed by atoms with Crippen LogP contribution in [0.5, 0.6) is 0 Å². The zero-order valence-electron chi connectivity index (χ0n) is 16.5. The van der Waals surface area contributed by atoms with Gasteiger partial charge in [0.15, 0.2) is 0 Å². The maximum Gasteiger partial charge on any atom is 0.142 e. The van der Waals surface area contributed by atoms with Gasteiger partial charge in [-0.25, -0.2) is 9.37 Å². The number of aromatic nitrogens is 3. The number of benzene rings is 1. The molecule has 0 saturated carbocycles. The highest BCUT2D eigenvalue weighted by atomic mass is 32.1. The maximum atomic E-state index is 13.8. The Balaban J connectivity index is 0.000000570. The van der Waals surface area contributed by atoms with Gasteiger partial charge in [0.1, 0.15) is 10.8 Å². The van der Waals surface area contributed by atoms with Gasteiger partial charge in [0.25, 0.3) is 0 Å². The molecule has 140 valence electrons. The second kappa shape index (κ2) is 9.08. The fourth-order valence-corrected chi connectivity index (χ4v) is 4.44. The van der Waals surface area contributed by atoms with Crippen molar-refractivity contribution in [3.8, 4) is 10.7 Å². The van der Waals surface area contributed by atoms with E-state index in [0.29, 0.717) is 5.92 Å². The van der Waals surface area contributed by atoms with E-state index in [4.69, 9.17) is 4.98 Å². The van der Waals surface area contributed by atoms with E-state index in [1.54, 1.807) is 23.6 Å². The summed E-state index contributed by atoms with van der Waals surface area (Å²) in [5.74, 6) is 0.237. The number of fused-ring (bicyclic) bond motifs is 1. The van der Waals surface area contributed by atoms with Crippen molar-refractivity contribution in [3.05, 3.63) is 58.0 Å². The van der Waals surface area contributed by atoms with Crippen LogP contribution in [0.3, 0.4) is 0 Å². The molecular formula is C21H28FN3S. The Morgan fingerprint density at radius 3 is 2.46 bits per heavy atom. The third-order valence-electron chi connectivity index (χ3n) is 4.44. The van der Waals surface area contributed by atoms with Crippen molar-refractivity contribution in [1.82, 2.24) is 14.8 Å². The Morgan fingerprint density at radius 1 is 1.12 bits per heavy atom. The minimum atomic E-state index is -0.115. The largest absolute Gasteiger partial charge is 0.266 e. The number of aryl methyl sites for hydroxylation is 1. The predicted molar refractivity (Wildman–Crippen MR) is 108 cm³/mol. The molecule has 26 heavy (non-hydrogen) atoms. The highest BCUT2D eigenvalue weighted by molar-refractivity contribution is 7.15. The van der Waals surface area contributed by atoms with E-state index in [9.17, 15) is 4.39 Å².